The summed E-state index contributed by atoms with van der Waals surface area (Å²) in [6, 6.07) is 3.93. The molecule has 23 heavy (non-hydrogen) atoms. The smallest absolute Gasteiger partial charge is 0.314 e. The Morgan fingerprint density at radius 1 is 1.26 bits per heavy atom. The van der Waals surface area contributed by atoms with E-state index in [0.717, 1.165) is 25.9 Å². The number of hydrogen-bond donors (Lipinski definition) is 2. The van der Waals surface area contributed by atoms with Gasteiger partial charge in [0.15, 0.2) is 0 Å². The fraction of sp³-hybridized carbons (Fsp3) is 0.467. The van der Waals surface area contributed by atoms with E-state index in [9.17, 15) is 9.59 Å². The third-order valence-corrected chi connectivity index (χ3v) is 4.14. The predicted molar refractivity (Wildman–Crippen MR) is 90.8 cm³/mol. The summed E-state index contributed by atoms with van der Waals surface area (Å²) in [5.41, 5.74) is 5.04. The van der Waals surface area contributed by atoms with Crippen LogP contribution in [0.1, 0.15) is 19.3 Å². The van der Waals surface area contributed by atoms with Crippen molar-refractivity contribution in [3.63, 3.8) is 0 Å². The predicted octanol–water partition coefficient (Wildman–Crippen LogP) is 2.71. The number of carbonyl (C=O) groups is 2. The van der Waals surface area contributed by atoms with E-state index in [1.165, 1.54) is 17.0 Å². The summed E-state index contributed by atoms with van der Waals surface area (Å²) in [6.07, 6.45) is 2.56. The first kappa shape index (κ1) is 19.4. The first-order valence-corrected chi connectivity index (χ1v) is 7.99. The van der Waals surface area contributed by atoms with Gasteiger partial charge in [0, 0.05) is 33.1 Å². The average Bonchev–Trinajstić information content (AvgIpc) is 3.03. The maximum Gasteiger partial charge on any atom is 0.314 e. The molecule has 1 aliphatic heterocycles. The fourth-order valence-corrected chi connectivity index (χ4v) is 2.28. The molecule has 1 fully saturated rings. The minimum Gasteiger partial charge on any atom is -0.508 e. The quantitative estimate of drug-likeness (QED) is 0.867. The molecule has 6 nitrogen and oxygen atoms in total. The molecule has 3 amide bonds. The maximum absolute atomic E-state index is 11.5. The molecule has 1 aromatic carbocycles. The van der Waals surface area contributed by atoms with E-state index in [2.05, 4.69) is 0 Å². The Balaban J connectivity index is 0.000000253. The first-order valence-electron chi connectivity index (χ1n) is 7.23. The molecule has 1 aliphatic rings. The number of nitrogens with two attached hydrogens (primary N) is 1. The summed E-state index contributed by atoms with van der Waals surface area (Å²) in [5.74, 6) is 0.250. The highest BCUT2D eigenvalue weighted by Crippen LogP contribution is 2.25. The third kappa shape index (κ3) is 6.97. The highest BCUT2D eigenvalue weighted by Gasteiger charge is 2.18. The van der Waals surface area contributed by atoms with Crippen molar-refractivity contribution < 1.29 is 14.7 Å². The molecule has 0 spiro atoms. The van der Waals surface area contributed by atoms with Crippen molar-refractivity contribution in [1.29, 1.82) is 0 Å². The van der Waals surface area contributed by atoms with Crippen LogP contribution in [0.2, 0.25) is 10.0 Å². The zero-order valence-electron chi connectivity index (χ0n) is 13.0. The molecule has 0 radical (unpaired) electrons. The lowest BCUT2D eigenvalue weighted by Crippen LogP contribution is -2.36. The zero-order valence-corrected chi connectivity index (χ0v) is 14.5. The van der Waals surface area contributed by atoms with Crippen LogP contribution in [0.15, 0.2) is 18.2 Å². The van der Waals surface area contributed by atoms with Crippen LogP contribution in [0.4, 0.5) is 4.79 Å². The number of primary amides is 1. The van der Waals surface area contributed by atoms with Crippen molar-refractivity contribution in [2.45, 2.75) is 19.3 Å². The second kappa shape index (κ2) is 9.47. The molecule has 1 heterocycles. The van der Waals surface area contributed by atoms with Gasteiger partial charge in [0.1, 0.15) is 5.75 Å². The number of aromatic hydroxyl groups is 1. The van der Waals surface area contributed by atoms with E-state index in [0.29, 0.717) is 23.0 Å². The molecule has 3 N–H and O–H groups in total. The van der Waals surface area contributed by atoms with Crippen molar-refractivity contribution in [3.05, 3.63) is 28.2 Å². The summed E-state index contributed by atoms with van der Waals surface area (Å²) in [4.78, 5) is 25.4. The van der Waals surface area contributed by atoms with Gasteiger partial charge in [-0.25, -0.2) is 4.79 Å². The van der Waals surface area contributed by atoms with Crippen molar-refractivity contribution in [2.24, 2.45) is 5.73 Å². The van der Waals surface area contributed by atoms with Gasteiger partial charge < -0.3 is 20.6 Å². The maximum atomic E-state index is 11.5. The van der Waals surface area contributed by atoms with Gasteiger partial charge in [-0.15, -0.1) is 0 Å². The van der Waals surface area contributed by atoms with Gasteiger partial charge in [0.05, 0.1) is 10.0 Å². The number of nitrogens with zero attached hydrogens (tertiary/aromatic N) is 2. The van der Waals surface area contributed by atoms with Gasteiger partial charge in [-0.1, -0.05) is 23.2 Å². The topological polar surface area (TPSA) is 86.9 Å². The standard InChI is InChI=1S/C9H17N3O2.C6H4Cl2O/c1-11(9(10)14)7-4-8(13)12-5-2-3-6-12;7-5-2-1-4(9)3-6(5)8/h2-7H2,1H3,(H2,10,14);1-3,9H. The molecule has 8 heteroatoms. The molecule has 0 atom stereocenters. The van der Waals surface area contributed by atoms with E-state index < -0.39 is 6.03 Å². The summed E-state index contributed by atoms with van der Waals surface area (Å²) >= 11 is 11.1. The number of carbonyl (C=O) groups excluding carboxylic acids is 2. The third-order valence-electron chi connectivity index (χ3n) is 3.40. The molecule has 1 saturated heterocycles. The van der Waals surface area contributed by atoms with Crippen LogP contribution in [-0.2, 0) is 4.79 Å². The van der Waals surface area contributed by atoms with Crippen LogP contribution >= 0.6 is 23.2 Å². The Bertz CT molecular complexity index is 549. The van der Waals surface area contributed by atoms with Crippen molar-refractivity contribution in [3.8, 4) is 5.75 Å². The molecule has 1 aromatic rings. The average molecular weight is 362 g/mol. The van der Waals surface area contributed by atoms with E-state index >= 15 is 0 Å². The van der Waals surface area contributed by atoms with E-state index in [1.54, 1.807) is 13.1 Å². The highest BCUT2D eigenvalue weighted by atomic mass is 35.5. The lowest BCUT2D eigenvalue weighted by molar-refractivity contribution is -0.130. The fourth-order valence-electron chi connectivity index (χ4n) is 1.98. The first-order chi connectivity index (χ1) is 10.8. The monoisotopic (exact) mass is 361 g/mol. The normalized spacial score (nSPS) is 13.3. The van der Waals surface area contributed by atoms with Gasteiger partial charge >= 0.3 is 6.03 Å². The van der Waals surface area contributed by atoms with Crippen molar-refractivity contribution in [1.82, 2.24) is 9.80 Å². The second-order valence-corrected chi connectivity index (χ2v) is 6.01. The molecular weight excluding hydrogens is 341 g/mol. The SMILES string of the molecule is CN(CCC(=O)N1CCCC1)C(N)=O.Oc1ccc(Cl)c(Cl)c1. The molecule has 0 aromatic heterocycles. The van der Waals surface area contributed by atoms with Gasteiger partial charge in [0.25, 0.3) is 0 Å². The van der Waals surface area contributed by atoms with E-state index in [4.69, 9.17) is 34.0 Å². The Morgan fingerprint density at radius 3 is 2.35 bits per heavy atom. The number of urea groups is 1. The summed E-state index contributed by atoms with van der Waals surface area (Å²) in [5, 5.41) is 9.62. The molecule has 2 rings (SSSR count). The van der Waals surface area contributed by atoms with E-state index in [-0.39, 0.29) is 11.7 Å². The number of hydrogen-bond acceptors (Lipinski definition) is 3. The number of phenolic OH excluding ortho intramolecular Hbond substituents is 1. The number of halogens is 2. The largest absolute Gasteiger partial charge is 0.508 e. The van der Waals surface area contributed by atoms with E-state index in [1.807, 2.05) is 4.90 Å². The van der Waals surface area contributed by atoms with Crippen LogP contribution < -0.4 is 5.73 Å². The number of likely N-dealkylation sites (tertiary alicyclic amines) is 1. The molecule has 0 bridgehead atoms. The van der Waals surface area contributed by atoms with Gasteiger partial charge in [0.2, 0.25) is 5.91 Å². The van der Waals surface area contributed by atoms with Crippen LogP contribution in [0, 0.1) is 0 Å². The minimum absolute atomic E-state index is 0.121. The number of rotatable bonds is 3. The number of benzene rings is 1. The highest BCUT2D eigenvalue weighted by molar-refractivity contribution is 6.42. The van der Waals surface area contributed by atoms with Crippen molar-refractivity contribution >= 4 is 35.1 Å². The van der Waals surface area contributed by atoms with Crippen LogP contribution in [0.5, 0.6) is 5.75 Å². The minimum atomic E-state index is -0.487. The molecule has 128 valence electrons. The second-order valence-electron chi connectivity index (χ2n) is 5.20. The van der Waals surface area contributed by atoms with Crippen LogP contribution in [0.25, 0.3) is 0 Å². The molecular formula is C15H21Cl2N3O3. The van der Waals surface area contributed by atoms with Gasteiger partial charge in [-0.2, -0.15) is 0 Å². The molecule has 0 unspecified atom stereocenters. The van der Waals surface area contributed by atoms with Gasteiger partial charge in [-0.3, -0.25) is 4.79 Å². The van der Waals surface area contributed by atoms with Crippen LogP contribution in [0.3, 0.4) is 0 Å². The lowest BCUT2D eigenvalue weighted by atomic mass is 10.3. The Hall–Kier alpha value is -1.66. The van der Waals surface area contributed by atoms with Crippen molar-refractivity contribution in [2.75, 3.05) is 26.7 Å². The number of amides is 3. The number of phenols is 1. The Kier molecular flexibility index (Phi) is 7.98. The Morgan fingerprint density at radius 2 is 1.87 bits per heavy atom. The van der Waals surface area contributed by atoms with Crippen LogP contribution in [-0.4, -0.2) is 53.5 Å². The summed E-state index contributed by atoms with van der Waals surface area (Å²) in [6.45, 7) is 2.13. The van der Waals surface area contributed by atoms with Gasteiger partial charge in [-0.05, 0) is 31.0 Å². The summed E-state index contributed by atoms with van der Waals surface area (Å²) < 4.78 is 0. The summed E-state index contributed by atoms with van der Waals surface area (Å²) in [7, 11) is 1.60. The molecule has 0 aliphatic carbocycles. The Labute approximate surface area is 145 Å². The lowest BCUT2D eigenvalue weighted by Gasteiger charge is -2.18. The zero-order chi connectivity index (χ0) is 17.4. The molecule has 0 saturated carbocycles.